The molecule has 0 spiro atoms. The van der Waals surface area contributed by atoms with Gasteiger partial charge in [-0.15, -0.1) is 0 Å². The Labute approximate surface area is 214 Å². The van der Waals surface area contributed by atoms with E-state index < -0.39 is 29.5 Å². The predicted molar refractivity (Wildman–Crippen MR) is 131 cm³/mol. The average molecular weight is 525 g/mol. The summed E-state index contributed by atoms with van der Waals surface area (Å²) in [6.07, 6.45) is 4.70. The largest absolute Gasteiger partial charge is 0.489 e. The lowest BCUT2D eigenvalue weighted by molar-refractivity contribution is -0.120. The fourth-order valence-corrected chi connectivity index (χ4v) is 4.05. The monoisotopic (exact) mass is 524 g/mol. The van der Waals surface area contributed by atoms with Gasteiger partial charge in [-0.25, -0.2) is 23.4 Å². The van der Waals surface area contributed by atoms with Gasteiger partial charge in [-0.1, -0.05) is 11.6 Å². The number of carbonyl (C=O) groups excluding carboxylic acids is 2. The van der Waals surface area contributed by atoms with Gasteiger partial charge >= 0.3 is 0 Å². The maximum Gasteiger partial charge on any atom is 0.289 e. The highest BCUT2D eigenvalue weighted by molar-refractivity contribution is 6.33. The van der Waals surface area contributed by atoms with Gasteiger partial charge in [0.05, 0.1) is 34.5 Å². The number of halogens is 3. The zero-order chi connectivity index (χ0) is 26.3. The van der Waals surface area contributed by atoms with E-state index in [9.17, 15) is 18.4 Å². The molecule has 0 saturated carbocycles. The Morgan fingerprint density at radius 2 is 2.00 bits per heavy atom. The standard InChI is InChI=1S/C25H19ClF2N6O3/c1-13-9-30-34(11-13)15-4-6-21-20(8-15)33(2)25(36)19(12-37-21)31-24(35)23-29-10-17(26)22(32-23)16-5-3-14(27)7-18(16)28/h3-11,19H,12H2,1-2H3,(H,31,35)/t19-/m0/s1. The summed E-state index contributed by atoms with van der Waals surface area (Å²) in [4.78, 5) is 35.5. The molecule has 4 aromatic rings. The molecule has 1 atom stereocenters. The summed E-state index contributed by atoms with van der Waals surface area (Å²) in [5, 5.41) is 6.82. The molecule has 0 radical (unpaired) electrons. The molecule has 5 rings (SSSR count). The van der Waals surface area contributed by atoms with Gasteiger partial charge in [0.2, 0.25) is 5.82 Å². The minimum absolute atomic E-state index is 0.0331. The first-order valence-corrected chi connectivity index (χ1v) is 11.4. The first-order chi connectivity index (χ1) is 17.7. The fourth-order valence-electron chi connectivity index (χ4n) is 3.86. The molecule has 9 nitrogen and oxygen atoms in total. The minimum atomic E-state index is -1.06. The summed E-state index contributed by atoms with van der Waals surface area (Å²) >= 11 is 6.11. The van der Waals surface area contributed by atoms with E-state index in [1.165, 1.54) is 4.90 Å². The Morgan fingerprint density at radius 3 is 2.73 bits per heavy atom. The van der Waals surface area contributed by atoms with Gasteiger partial charge in [0.25, 0.3) is 11.8 Å². The molecule has 12 heteroatoms. The van der Waals surface area contributed by atoms with Crippen LogP contribution >= 0.6 is 11.6 Å². The second-order valence-corrected chi connectivity index (χ2v) is 8.77. The van der Waals surface area contributed by atoms with Crippen molar-refractivity contribution in [3.8, 4) is 22.7 Å². The van der Waals surface area contributed by atoms with E-state index in [0.29, 0.717) is 17.5 Å². The highest BCUT2D eigenvalue weighted by atomic mass is 35.5. The van der Waals surface area contributed by atoms with Gasteiger partial charge < -0.3 is 15.0 Å². The zero-order valence-electron chi connectivity index (χ0n) is 19.6. The first kappa shape index (κ1) is 24.3. The number of aryl methyl sites for hydroxylation is 1. The normalized spacial score (nSPS) is 15.1. The summed E-state index contributed by atoms with van der Waals surface area (Å²) < 4.78 is 35.1. The van der Waals surface area contributed by atoms with Gasteiger partial charge in [0, 0.05) is 24.9 Å². The molecule has 37 heavy (non-hydrogen) atoms. The maximum absolute atomic E-state index is 14.3. The van der Waals surface area contributed by atoms with Crippen LogP contribution < -0.4 is 15.0 Å². The van der Waals surface area contributed by atoms with Crippen molar-refractivity contribution in [3.63, 3.8) is 0 Å². The van der Waals surface area contributed by atoms with Gasteiger partial charge in [0.1, 0.15) is 30.0 Å². The van der Waals surface area contributed by atoms with Gasteiger partial charge in [-0.3, -0.25) is 9.59 Å². The SMILES string of the molecule is Cc1cnn(-c2ccc3c(c2)N(C)C(=O)[C@@H](NC(=O)c2ncc(Cl)c(-c4ccc(F)cc4F)n2)CO3)c1. The maximum atomic E-state index is 14.3. The lowest BCUT2D eigenvalue weighted by Gasteiger charge is -2.20. The number of hydrogen-bond acceptors (Lipinski definition) is 6. The van der Waals surface area contributed by atoms with Crippen molar-refractivity contribution in [2.45, 2.75) is 13.0 Å². The third-order valence-corrected chi connectivity index (χ3v) is 6.03. The number of amides is 2. The summed E-state index contributed by atoms with van der Waals surface area (Å²) in [7, 11) is 1.57. The van der Waals surface area contributed by atoms with Crippen molar-refractivity contribution < 1.29 is 23.1 Å². The lowest BCUT2D eigenvalue weighted by Crippen LogP contribution is -2.49. The number of rotatable bonds is 4. The van der Waals surface area contributed by atoms with E-state index in [1.54, 1.807) is 36.1 Å². The van der Waals surface area contributed by atoms with E-state index in [2.05, 4.69) is 20.4 Å². The van der Waals surface area contributed by atoms with Crippen molar-refractivity contribution in [1.82, 2.24) is 25.1 Å². The molecule has 0 fully saturated rings. The molecule has 0 unspecified atom stereocenters. The van der Waals surface area contributed by atoms with Crippen LogP contribution in [0.4, 0.5) is 14.5 Å². The summed E-state index contributed by atoms with van der Waals surface area (Å²) in [5.74, 6) is -2.79. The van der Waals surface area contributed by atoms with Crippen LogP contribution in [0.15, 0.2) is 55.0 Å². The number of nitrogens with zero attached hydrogens (tertiary/aromatic N) is 5. The smallest absolute Gasteiger partial charge is 0.289 e. The second-order valence-electron chi connectivity index (χ2n) is 8.36. The van der Waals surface area contributed by atoms with Crippen LogP contribution in [0.3, 0.4) is 0 Å². The molecule has 2 aromatic heterocycles. The molecule has 0 aliphatic carbocycles. The second kappa shape index (κ2) is 9.58. The molecule has 2 aromatic carbocycles. The third-order valence-electron chi connectivity index (χ3n) is 5.75. The zero-order valence-corrected chi connectivity index (χ0v) is 20.3. The number of aromatic nitrogens is 4. The average Bonchev–Trinajstić information content (AvgIpc) is 3.28. The van der Waals surface area contributed by atoms with Gasteiger partial charge in [0.15, 0.2) is 0 Å². The molecular weight excluding hydrogens is 506 g/mol. The number of fused-ring (bicyclic) bond motifs is 1. The molecule has 1 aliphatic heterocycles. The van der Waals surface area contributed by atoms with Crippen molar-refractivity contribution >= 4 is 29.1 Å². The molecule has 0 bridgehead atoms. The molecule has 188 valence electrons. The topological polar surface area (TPSA) is 102 Å². The van der Waals surface area contributed by atoms with E-state index in [-0.39, 0.29) is 28.7 Å². The van der Waals surface area contributed by atoms with Crippen molar-refractivity contribution in [2.75, 3.05) is 18.6 Å². The Morgan fingerprint density at radius 1 is 1.19 bits per heavy atom. The number of anilines is 1. The van der Waals surface area contributed by atoms with Crippen molar-refractivity contribution in [1.29, 1.82) is 0 Å². The number of likely N-dealkylation sites (N-methyl/N-ethyl adjacent to an activating group) is 1. The Hall–Kier alpha value is -4.38. The molecule has 1 N–H and O–H groups in total. The van der Waals surface area contributed by atoms with Crippen LogP contribution in [0.1, 0.15) is 16.2 Å². The van der Waals surface area contributed by atoms with E-state index >= 15 is 0 Å². The predicted octanol–water partition coefficient (Wildman–Crippen LogP) is 3.72. The third kappa shape index (κ3) is 4.73. The van der Waals surface area contributed by atoms with E-state index in [4.69, 9.17) is 16.3 Å². The molecule has 2 amide bonds. The Kier molecular flexibility index (Phi) is 6.30. The molecule has 1 aliphatic rings. The van der Waals surface area contributed by atoms with Crippen LogP contribution in [0, 0.1) is 18.6 Å². The quantitative estimate of drug-likeness (QED) is 0.436. The van der Waals surface area contributed by atoms with E-state index in [1.807, 2.05) is 13.1 Å². The van der Waals surface area contributed by atoms with Gasteiger partial charge in [-0.2, -0.15) is 5.10 Å². The molecule has 0 saturated heterocycles. The van der Waals surface area contributed by atoms with Crippen molar-refractivity contribution in [3.05, 3.63) is 83.0 Å². The van der Waals surface area contributed by atoms with Crippen LogP contribution in [0.25, 0.3) is 16.9 Å². The van der Waals surface area contributed by atoms with Crippen LogP contribution in [0.5, 0.6) is 5.75 Å². The summed E-state index contributed by atoms with van der Waals surface area (Å²) in [6.45, 7) is 1.78. The van der Waals surface area contributed by atoms with Crippen LogP contribution in [-0.2, 0) is 4.79 Å². The first-order valence-electron chi connectivity index (χ1n) is 11.1. The van der Waals surface area contributed by atoms with Crippen LogP contribution in [0.2, 0.25) is 5.02 Å². The number of benzene rings is 2. The number of nitrogens with one attached hydrogen (secondary N) is 1. The summed E-state index contributed by atoms with van der Waals surface area (Å²) in [6, 6.07) is 7.11. The minimum Gasteiger partial charge on any atom is -0.489 e. The number of ether oxygens (including phenoxy) is 1. The molecular formula is C25H19ClF2N6O3. The van der Waals surface area contributed by atoms with Gasteiger partial charge in [-0.05, 0) is 42.8 Å². The van der Waals surface area contributed by atoms with Crippen LogP contribution in [-0.4, -0.2) is 51.3 Å². The fraction of sp³-hybridized carbons (Fsp3) is 0.160. The highest BCUT2D eigenvalue weighted by Gasteiger charge is 2.32. The Bertz CT molecular complexity index is 1540. The lowest BCUT2D eigenvalue weighted by atomic mass is 10.1. The number of hydrogen-bond donors (Lipinski definition) is 1. The van der Waals surface area contributed by atoms with E-state index in [0.717, 1.165) is 29.6 Å². The Balaban J connectivity index is 1.38. The highest BCUT2D eigenvalue weighted by Crippen LogP contribution is 2.33. The summed E-state index contributed by atoms with van der Waals surface area (Å²) in [5.41, 5.74) is 2.02. The van der Waals surface area contributed by atoms with Crippen molar-refractivity contribution in [2.24, 2.45) is 0 Å². The number of carbonyl (C=O) groups is 2. The molecule has 3 heterocycles.